The number of aromatic carboxylic acids is 1. The number of carbonyl (C=O) groups excluding carboxylic acids is 1. The van der Waals surface area contributed by atoms with Crippen molar-refractivity contribution in [2.45, 2.75) is 18.2 Å². The molecule has 0 aliphatic carbocycles. The molecule has 0 saturated heterocycles. The van der Waals surface area contributed by atoms with Crippen LogP contribution in [0.15, 0.2) is 23.1 Å². The lowest BCUT2D eigenvalue weighted by Crippen LogP contribution is -2.01. The highest BCUT2D eigenvalue weighted by molar-refractivity contribution is 7.98. The number of carboxylic acids is 1. The molecule has 0 radical (unpaired) electrons. The van der Waals surface area contributed by atoms with Crippen LogP contribution >= 0.6 is 11.8 Å². The summed E-state index contributed by atoms with van der Waals surface area (Å²) in [5.41, 5.74) is 1.15. The van der Waals surface area contributed by atoms with Crippen LogP contribution in [0.5, 0.6) is 0 Å². The van der Waals surface area contributed by atoms with Gasteiger partial charge in [-0.1, -0.05) is 6.07 Å². The number of carbonyl (C=O) groups is 2. The van der Waals surface area contributed by atoms with Crippen LogP contribution in [0.3, 0.4) is 0 Å². The second-order valence-corrected chi connectivity index (χ2v) is 4.06. The Kier molecular flexibility index (Phi) is 3.91. The number of Topliss-reactive ketones (excluding diaryl/α,β-unsaturated/α-hetero) is 1. The maximum Gasteiger partial charge on any atom is 0.335 e. The molecule has 0 saturated carbocycles. The minimum Gasteiger partial charge on any atom is -0.478 e. The maximum atomic E-state index is 11.0. The number of ketones is 1. The molecule has 1 N–H and O–H groups in total. The molecular weight excluding hydrogens is 212 g/mol. The van der Waals surface area contributed by atoms with E-state index in [4.69, 9.17) is 5.11 Å². The molecule has 0 bridgehead atoms. The smallest absolute Gasteiger partial charge is 0.335 e. The highest BCUT2D eigenvalue weighted by Crippen LogP contribution is 2.22. The monoisotopic (exact) mass is 224 g/mol. The number of hydrogen-bond acceptors (Lipinski definition) is 3. The standard InChI is InChI=1S/C11H12O3S/c1-7(12)5-8-3-4-9(11(13)14)6-10(8)15-2/h3-4,6H,5H2,1-2H3,(H,13,14). The SMILES string of the molecule is CSc1cc(C(=O)O)ccc1CC(C)=O. The number of carboxylic acid groups (broad SMARTS) is 1. The average molecular weight is 224 g/mol. The fourth-order valence-corrected chi connectivity index (χ4v) is 1.94. The zero-order valence-corrected chi connectivity index (χ0v) is 9.43. The van der Waals surface area contributed by atoms with Crippen molar-refractivity contribution in [2.24, 2.45) is 0 Å². The third kappa shape index (κ3) is 3.09. The lowest BCUT2D eigenvalue weighted by molar-refractivity contribution is -0.116. The van der Waals surface area contributed by atoms with E-state index in [1.54, 1.807) is 12.1 Å². The fraction of sp³-hybridized carbons (Fsp3) is 0.273. The molecule has 1 aromatic rings. The zero-order valence-electron chi connectivity index (χ0n) is 8.61. The molecule has 0 amide bonds. The summed E-state index contributed by atoms with van der Waals surface area (Å²) in [5, 5.41) is 8.80. The lowest BCUT2D eigenvalue weighted by Gasteiger charge is -2.06. The maximum absolute atomic E-state index is 11.0. The fourth-order valence-electron chi connectivity index (χ4n) is 1.29. The summed E-state index contributed by atoms with van der Waals surface area (Å²) < 4.78 is 0. The van der Waals surface area contributed by atoms with Crippen molar-refractivity contribution in [2.75, 3.05) is 6.26 Å². The first-order valence-corrected chi connectivity index (χ1v) is 5.66. The average Bonchev–Trinajstić information content (AvgIpc) is 2.17. The summed E-state index contributed by atoms with van der Waals surface area (Å²) in [7, 11) is 0. The Morgan fingerprint density at radius 1 is 1.40 bits per heavy atom. The third-order valence-corrected chi connectivity index (χ3v) is 2.79. The van der Waals surface area contributed by atoms with Crippen molar-refractivity contribution in [3.8, 4) is 0 Å². The predicted molar refractivity (Wildman–Crippen MR) is 59.6 cm³/mol. The van der Waals surface area contributed by atoms with Gasteiger partial charge in [0.15, 0.2) is 0 Å². The van der Waals surface area contributed by atoms with Crippen LogP contribution < -0.4 is 0 Å². The Labute approximate surface area is 92.5 Å². The summed E-state index contributed by atoms with van der Waals surface area (Å²) in [5.74, 6) is -0.868. The summed E-state index contributed by atoms with van der Waals surface area (Å²) in [6.45, 7) is 1.52. The van der Waals surface area contributed by atoms with E-state index in [-0.39, 0.29) is 11.3 Å². The highest BCUT2D eigenvalue weighted by Gasteiger charge is 2.08. The quantitative estimate of drug-likeness (QED) is 0.797. The Morgan fingerprint density at radius 2 is 2.07 bits per heavy atom. The number of rotatable bonds is 4. The Bertz CT molecular complexity index is 399. The Balaban J connectivity index is 3.08. The highest BCUT2D eigenvalue weighted by atomic mass is 32.2. The first-order chi connectivity index (χ1) is 7.04. The van der Waals surface area contributed by atoms with Gasteiger partial charge in [-0.2, -0.15) is 0 Å². The summed E-state index contributed by atoms with van der Waals surface area (Å²) in [4.78, 5) is 22.6. The van der Waals surface area contributed by atoms with Crippen LogP contribution in [0, 0.1) is 0 Å². The number of thioether (sulfide) groups is 1. The normalized spacial score (nSPS) is 10.0. The Morgan fingerprint density at radius 3 is 2.53 bits per heavy atom. The van der Waals surface area contributed by atoms with Gasteiger partial charge in [-0.15, -0.1) is 11.8 Å². The van der Waals surface area contributed by atoms with Gasteiger partial charge in [0.2, 0.25) is 0 Å². The van der Waals surface area contributed by atoms with Gasteiger partial charge in [-0.25, -0.2) is 4.79 Å². The van der Waals surface area contributed by atoms with E-state index in [2.05, 4.69) is 0 Å². The van der Waals surface area contributed by atoms with Crippen LogP contribution in [0.1, 0.15) is 22.8 Å². The predicted octanol–water partition coefficient (Wildman–Crippen LogP) is 2.24. The Hall–Kier alpha value is -1.29. The number of hydrogen-bond donors (Lipinski definition) is 1. The third-order valence-electron chi connectivity index (χ3n) is 1.97. The lowest BCUT2D eigenvalue weighted by atomic mass is 10.1. The van der Waals surface area contributed by atoms with Gasteiger partial charge in [0, 0.05) is 11.3 Å². The second kappa shape index (κ2) is 4.98. The van der Waals surface area contributed by atoms with Gasteiger partial charge in [0.25, 0.3) is 0 Å². The van der Waals surface area contributed by atoms with E-state index >= 15 is 0 Å². The molecule has 0 atom stereocenters. The molecule has 0 fully saturated rings. The molecule has 0 heterocycles. The van der Waals surface area contributed by atoms with Crippen molar-refractivity contribution in [1.82, 2.24) is 0 Å². The molecule has 0 unspecified atom stereocenters. The van der Waals surface area contributed by atoms with E-state index in [1.807, 2.05) is 6.26 Å². The van der Waals surface area contributed by atoms with E-state index in [0.29, 0.717) is 6.42 Å². The molecule has 80 valence electrons. The van der Waals surface area contributed by atoms with E-state index in [0.717, 1.165) is 10.5 Å². The molecule has 4 heteroatoms. The largest absolute Gasteiger partial charge is 0.478 e. The molecule has 1 aromatic carbocycles. The minimum absolute atomic E-state index is 0.0772. The van der Waals surface area contributed by atoms with E-state index in [1.165, 1.54) is 24.8 Å². The van der Waals surface area contributed by atoms with Gasteiger partial charge in [0.1, 0.15) is 5.78 Å². The molecule has 0 aliphatic rings. The van der Waals surface area contributed by atoms with Gasteiger partial charge < -0.3 is 5.11 Å². The molecule has 3 nitrogen and oxygen atoms in total. The zero-order chi connectivity index (χ0) is 11.4. The van der Waals surface area contributed by atoms with E-state index in [9.17, 15) is 9.59 Å². The van der Waals surface area contributed by atoms with Crippen LogP contribution in [-0.2, 0) is 11.2 Å². The van der Waals surface area contributed by atoms with Gasteiger partial charge in [-0.3, -0.25) is 4.79 Å². The molecule has 0 spiro atoms. The van der Waals surface area contributed by atoms with Crippen molar-refractivity contribution in [3.63, 3.8) is 0 Å². The molecule has 15 heavy (non-hydrogen) atoms. The van der Waals surface area contributed by atoms with E-state index < -0.39 is 5.97 Å². The van der Waals surface area contributed by atoms with Crippen molar-refractivity contribution in [3.05, 3.63) is 29.3 Å². The first-order valence-electron chi connectivity index (χ1n) is 4.44. The summed E-state index contributed by atoms with van der Waals surface area (Å²) >= 11 is 1.45. The summed E-state index contributed by atoms with van der Waals surface area (Å²) in [6.07, 6.45) is 2.22. The van der Waals surface area contributed by atoms with Gasteiger partial charge in [-0.05, 0) is 30.9 Å². The molecular formula is C11H12O3S. The topological polar surface area (TPSA) is 54.4 Å². The number of benzene rings is 1. The minimum atomic E-state index is -0.945. The van der Waals surface area contributed by atoms with Crippen molar-refractivity contribution < 1.29 is 14.7 Å². The van der Waals surface area contributed by atoms with Crippen molar-refractivity contribution in [1.29, 1.82) is 0 Å². The van der Waals surface area contributed by atoms with Gasteiger partial charge >= 0.3 is 5.97 Å². The summed E-state index contributed by atoms with van der Waals surface area (Å²) in [6, 6.07) is 4.84. The van der Waals surface area contributed by atoms with Crippen LogP contribution in [0.25, 0.3) is 0 Å². The van der Waals surface area contributed by atoms with Crippen molar-refractivity contribution >= 4 is 23.5 Å². The molecule has 1 rings (SSSR count). The van der Waals surface area contributed by atoms with Crippen LogP contribution in [0.2, 0.25) is 0 Å². The van der Waals surface area contributed by atoms with Gasteiger partial charge in [0.05, 0.1) is 5.56 Å². The molecule has 0 aliphatic heterocycles. The first kappa shape index (κ1) is 11.8. The van der Waals surface area contributed by atoms with Crippen LogP contribution in [0.4, 0.5) is 0 Å². The second-order valence-electron chi connectivity index (χ2n) is 3.21. The van der Waals surface area contributed by atoms with Crippen LogP contribution in [-0.4, -0.2) is 23.1 Å². The molecule has 0 aromatic heterocycles.